The molecule has 0 unspecified atom stereocenters. The monoisotopic (exact) mass is 2260 g/mol. The van der Waals surface area contributed by atoms with E-state index in [1.165, 1.54) is 154 Å². The second-order valence-electron chi connectivity index (χ2n) is 40.3. The number of benzene rings is 9. The van der Waals surface area contributed by atoms with Gasteiger partial charge in [-0.25, -0.2) is 0 Å². The number of carbonyl (C=O) groups excluding carboxylic acids is 3. The number of hydrogen-bond donors (Lipinski definition) is 3. The van der Waals surface area contributed by atoms with Gasteiger partial charge in [-0.05, 0) is 212 Å². The number of allylic oxidation sites excluding steroid dienone is 6. The van der Waals surface area contributed by atoms with E-state index < -0.39 is 0 Å². The molecule has 0 aliphatic heterocycles. The first-order chi connectivity index (χ1) is 59.1. The number of hydrogen-bond acceptors (Lipinski definition) is 9. The van der Waals surface area contributed by atoms with Crippen molar-refractivity contribution in [1.82, 2.24) is 15.0 Å². The number of aliphatic hydroxyl groups is 3. The summed E-state index contributed by atoms with van der Waals surface area (Å²) in [6.07, 6.45) is 8.61. The van der Waals surface area contributed by atoms with Crippen molar-refractivity contribution in [2.75, 3.05) is 0 Å². The SMILES string of the molecule is CC(=O)C=C(C)O.CC(C)CC(=O)C=C(O)C(C)C.CC(C)CC(=O)C=C(O)CC(C)C.Cc1[c-]c(-c2cc(CC(C)C)c3cc4c(cc3n2)C(C)(C)c2cc(C)ccc2-4)cc(C)c1.Cc1[c-]c(-c2cc(CC(C)C)c3cc4c(cc3n2)C(C)(C)c2ccccc2-4)cc(C)c1.Cc1[c-]c(-c2cc(CC(C)C)c3cc4c(cc3n2)C(C)(C)c2ccccc2-4)cc(C)c1.[Ir].[Ir].[Ir]. The van der Waals surface area contributed by atoms with Crippen LogP contribution in [-0.4, -0.2) is 47.6 Å². The maximum absolute atomic E-state index is 11.2. The average Bonchev–Trinajstić information content (AvgIpc) is 1.58. The van der Waals surface area contributed by atoms with E-state index in [9.17, 15) is 24.6 Å². The van der Waals surface area contributed by atoms with E-state index in [2.05, 4.69) is 307 Å². The van der Waals surface area contributed by atoms with Gasteiger partial charge in [-0.1, -0.05) is 271 Å². The number of aryl methyl sites for hydroxylation is 7. The molecule has 0 spiro atoms. The number of carbonyl (C=O) groups is 3. The minimum atomic E-state index is -0.125. The third-order valence-corrected chi connectivity index (χ3v) is 23.7. The molecule has 0 saturated heterocycles. The Kier molecular flexibility index (Phi) is 37.5. The minimum Gasteiger partial charge on any atom is -0.512 e. The topological polar surface area (TPSA) is 151 Å². The van der Waals surface area contributed by atoms with Gasteiger partial charge in [0.25, 0.3) is 0 Å². The summed E-state index contributed by atoms with van der Waals surface area (Å²) in [5.74, 6) is 3.25. The second kappa shape index (κ2) is 45.3. The van der Waals surface area contributed by atoms with Crippen LogP contribution in [0.25, 0.3) is 99.9 Å². The van der Waals surface area contributed by atoms with Crippen LogP contribution in [0.1, 0.15) is 261 Å². The molecule has 129 heavy (non-hydrogen) atoms. The summed E-state index contributed by atoms with van der Waals surface area (Å²) in [6.45, 7) is 61.3. The van der Waals surface area contributed by atoms with E-state index in [0.29, 0.717) is 54.8 Å². The van der Waals surface area contributed by atoms with E-state index in [0.717, 1.165) is 86.3 Å². The third-order valence-electron chi connectivity index (χ3n) is 23.7. The summed E-state index contributed by atoms with van der Waals surface area (Å²) in [6, 6.07) is 69.5. The van der Waals surface area contributed by atoms with Gasteiger partial charge >= 0.3 is 0 Å². The summed E-state index contributed by atoms with van der Waals surface area (Å²) >= 11 is 0. The van der Waals surface area contributed by atoms with E-state index in [1.807, 2.05) is 55.4 Å². The van der Waals surface area contributed by atoms with Gasteiger partial charge in [0.05, 0.1) is 33.8 Å². The van der Waals surface area contributed by atoms with Crippen molar-refractivity contribution in [3.8, 4) is 67.2 Å². The summed E-state index contributed by atoms with van der Waals surface area (Å²) in [7, 11) is 0. The Balaban J connectivity index is 0.000000225. The smallest absolute Gasteiger partial charge is 0.159 e. The minimum absolute atomic E-state index is 0. The maximum Gasteiger partial charge on any atom is 0.159 e. The number of fused-ring (bicyclic) bond motifs is 12. The standard InChI is InChI=1S/C31H32N.2C30H30N.C11H20O2.C10H18O2.C5H8O2.3Ir/c1-18(2)10-22-15-29(23-12-20(4)11-21(5)13-23)32-30-17-28-26(16-25(22)30)24-9-8-19(3)14-27(24)31(28,6)7;2*1-18(2)11-21-15-28(22-13-19(3)12-20(4)14-22)31-29-17-27-25(16-24(21)29)23-9-7-8-10-26(23)30(27,5)6;1-8(2)5-10(12)7-11(13)6-9(3)4;1-7(2)5-9(11)6-10(12)8(3)4;1-4(6)3-5(2)7;;;/h8-9,11-12,14-18H,10H2,1-7H3;2*7-10,12-13,15-18H,11H2,1-6H3;7-9,12H,5-6H2,1-4H3;6-8,12H,5H2,1-4H3;3,6H,1-2H3;;;/q3*-1;;;;;;. The normalized spacial score (nSPS) is 13.4. The van der Waals surface area contributed by atoms with Gasteiger partial charge in [0.2, 0.25) is 0 Å². The zero-order valence-corrected chi connectivity index (χ0v) is 89.1. The molecule has 3 aliphatic carbocycles. The van der Waals surface area contributed by atoms with Crippen molar-refractivity contribution >= 4 is 50.1 Å². The quantitative estimate of drug-likeness (QED) is 0.0408. The van der Waals surface area contributed by atoms with E-state index in [-0.39, 0.29) is 117 Å². The Bertz CT molecular complexity index is 5890. The van der Waals surface area contributed by atoms with Crippen molar-refractivity contribution in [1.29, 1.82) is 0 Å². The van der Waals surface area contributed by atoms with Crippen LogP contribution < -0.4 is 0 Å². The van der Waals surface area contributed by atoms with Crippen LogP contribution in [0.3, 0.4) is 0 Å². The van der Waals surface area contributed by atoms with Crippen LogP contribution >= 0.6 is 0 Å². The van der Waals surface area contributed by atoms with E-state index in [4.69, 9.17) is 20.1 Å². The number of ketones is 3. The average molecular weight is 2260 g/mol. The molecule has 3 aromatic heterocycles. The number of aliphatic hydroxyl groups excluding tert-OH is 3. The third kappa shape index (κ3) is 26.8. The predicted molar refractivity (Wildman–Crippen MR) is 531 cm³/mol. The molecule has 3 aliphatic rings. The molecule has 12 heteroatoms. The molecule has 0 fully saturated rings. The number of aromatic nitrogens is 3. The van der Waals surface area contributed by atoms with Gasteiger partial charge in [0, 0.05) is 136 Å². The van der Waals surface area contributed by atoms with Crippen molar-refractivity contribution < 1.29 is 90.0 Å². The largest absolute Gasteiger partial charge is 0.512 e. The molecule has 0 atom stereocenters. The Morgan fingerprint density at radius 2 is 0.651 bits per heavy atom. The molecule has 0 saturated carbocycles. The van der Waals surface area contributed by atoms with E-state index >= 15 is 0 Å². The van der Waals surface area contributed by atoms with Crippen molar-refractivity contribution in [3.63, 3.8) is 0 Å². The molecule has 9 aromatic carbocycles. The molecule has 15 rings (SSSR count). The maximum atomic E-state index is 11.2. The predicted octanol–water partition coefficient (Wildman–Crippen LogP) is 30.6. The number of pyridine rings is 3. The fourth-order valence-corrected chi connectivity index (χ4v) is 18.2. The molecule has 687 valence electrons. The molecule has 0 bridgehead atoms. The van der Waals surface area contributed by atoms with Gasteiger partial charge in [0.1, 0.15) is 0 Å². The molecule has 3 N–H and O–H groups in total. The van der Waals surface area contributed by atoms with E-state index in [1.54, 1.807) is 0 Å². The Hall–Kier alpha value is -9.21. The van der Waals surface area contributed by atoms with Crippen LogP contribution in [0.5, 0.6) is 0 Å². The zero-order chi connectivity index (χ0) is 92.6. The fourth-order valence-electron chi connectivity index (χ4n) is 18.2. The fraction of sp³-hybridized carbons (Fsp3) is 0.385. The number of rotatable bonds is 19. The van der Waals surface area contributed by atoms with Crippen LogP contribution in [-0.2, 0) is 110 Å². The van der Waals surface area contributed by atoms with Gasteiger partial charge in [-0.3, -0.25) is 29.3 Å². The number of nitrogens with zero attached hydrogens (tertiary/aromatic N) is 3. The summed E-state index contributed by atoms with van der Waals surface area (Å²) in [5, 5.41) is 30.8. The Morgan fingerprint density at radius 1 is 0.341 bits per heavy atom. The van der Waals surface area contributed by atoms with Crippen LogP contribution in [0.2, 0.25) is 0 Å². The molecular weight excluding hydrogens is 2120 g/mol. The van der Waals surface area contributed by atoms with Gasteiger partial charge in [0.15, 0.2) is 17.3 Å². The van der Waals surface area contributed by atoms with Crippen molar-refractivity contribution in [3.05, 3.63) is 300 Å². The van der Waals surface area contributed by atoms with Crippen molar-refractivity contribution in [2.45, 2.75) is 256 Å². The molecule has 3 radical (unpaired) electrons. The Labute approximate surface area is 813 Å². The molecule has 0 amide bonds. The summed E-state index contributed by atoms with van der Waals surface area (Å²) in [4.78, 5) is 47.9. The van der Waals surface area contributed by atoms with Gasteiger partial charge < -0.3 is 15.3 Å². The molecular formula is C117H138Ir3N3O6-3. The van der Waals surface area contributed by atoms with Crippen LogP contribution in [0, 0.1) is 108 Å². The van der Waals surface area contributed by atoms with Crippen molar-refractivity contribution in [2.24, 2.45) is 41.4 Å². The van der Waals surface area contributed by atoms with Crippen LogP contribution in [0.15, 0.2) is 193 Å². The van der Waals surface area contributed by atoms with Gasteiger partial charge in [-0.2, -0.15) is 0 Å². The molecule has 3 heterocycles. The second-order valence-corrected chi connectivity index (χ2v) is 40.3. The van der Waals surface area contributed by atoms with Gasteiger partial charge in [-0.15, -0.1) is 105 Å². The zero-order valence-electron chi connectivity index (χ0n) is 81.9. The first-order valence-corrected chi connectivity index (χ1v) is 45.6. The first kappa shape index (κ1) is 107. The molecule has 12 aromatic rings. The first-order valence-electron chi connectivity index (χ1n) is 45.6. The molecule has 9 nitrogen and oxygen atoms in total. The Morgan fingerprint density at radius 3 is 0.946 bits per heavy atom. The summed E-state index contributed by atoms with van der Waals surface area (Å²) < 4.78 is 0. The van der Waals surface area contributed by atoms with Crippen LogP contribution in [0.4, 0.5) is 0 Å². The summed E-state index contributed by atoms with van der Waals surface area (Å²) in [5.41, 5.74) is 38.9.